The van der Waals surface area contributed by atoms with E-state index in [9.17, 15) is 14.4 Å². The molecule has 36 heavy (non-hydrogen) atoms. The number of anilines is 1. The van der Waals surface area contributed by atoms with E-state index in [1.54, 1.807) is 43.3 Å². The Kier molecular flexibility index (Phi) is 7.91. The predicted octanol–water partition coefficient (Wildman–Crippen LogP) is 6.16. The smallest absolute Gasteiger partial charge is 0.335 e. The minimum atomic E-state index is -0.788. The van der Waals surface area contributed by atoms with Crippen LogP contribution in [0.15, 0.2) is 75.2 Å². The predicted molar refractivity (Wildman–Crippen MR) is 144 cm³/mol. The number of hydrogen-bond acceptors (Lipinski definition) is 5. The number of nitrogens with one attached hydrogen (secondary N) is 1. The summed E-state index contributed by atoms with van der Waals surface area (Å²) in [4.78, 5) is 39.3. The number of aryl methyl sites for hydroxylation is 1. The van der Waals surface area contributed by atoms with Gasteiger partial charge in [0.1, 0.15) is 12.2 Å². The van der Waals surface area contributed by atoms with E-state index in [-0.39, 0.29) is 5.57 Å². The summed E-state index contributed by atoms with van der Waals surface area (Å²) < 4.78 is 13.4. The third-order valence-corrected chi connectivity index (χ3v) is 6.51. The highest BCUT2D eigenvalue weighted by atomic mass is 79.9. The summed E-state index contributed by atoms with van der Waals surface area (Å²) in [6.45, 7) is 4.34. The first-order chi connectivity index (χ1) is 17.3. The van der Waals surface area contributed by atoms with E-state index >= 15 is 0 Å². The van der Waals surface area contributed by atoms with Gasteiger partial charge in [-0.3, -0.25) is 14.9 Å². The summed E-state index contributed by atoms with van der Waals surface area (Å²) in [5.74, 6) is -0.522. The van der Waals surface area contributed by atoms with Gasteiger partial charge in [0.2, 0.25) is 0 Å². The van der Waals surface area contributed by atoms with E-state index in [2.05, 4.69) is 37.2 Å². The molecule has 7 nitrogen and oxygen atoms in total. The minimum absolute atomic E-state index is 0.171. The normalized spacial score (nSPS) is 14.7. The Morgan fingerprint density at radius 1 is 0.972 bits per heavy atom. The molecule has 1 fully saturated rings. The SMILES string of the molecule is CCOc1cc(/C=C2\C(=O)NC(=O)N(c3ccccc3C)C2=O)cc(Br)c1OCc1ccc(Br)cc1. The molecule has 1 N–H and O–H groups in total. The van der Waals surface area contributed by atoms with Crippen molar-refractivity contribution in [2.45, 2.75) is 20.5 Å². The number of halogens is 2. The van der Waals surface area contributed by atoms with Gasteiger partial charge in [0.25, 0.3) is 11.8 Å². The summed E-state index contributed by atoms with van der Waals surface area (Å²) in [5, 5.41) is 2.25. The number of para-hydroxylation sites is 1. The van der Waals surface area contributed by atoms with Gasteiger partial charge < -0.3 is 9.47 Å². The number of carbonyl (C=O) groups is 3. The summed E-state index contributed by atoms with van der Waals surface area (Å²) >= 11 is 6.94. The van der Waals surface area contributed by atoms with Gasteiger partial charge >= 0.3 is 6.03 Å². The number of nitrogens with zero attached hydrogens (tertiary/aromatic N) is 1. The van der Waals surface area contributed by atoms with Crippen molar-refractivity contribution in [3.05, 3.63) is 91.9 Å². The molecule has 1 aliphatic rings. The van der Waals surface area contributed by atoms with Gasteiger partial charge in [-0.25, -0.2) is 9.69 Å². The highest BCUT2D eigenvalue weighted by Crippen LogP contribution is 2.38. The van der Waals surface area contributed by atoms with Crippen molar-refractivity contribution in [2.75, 3.05) is 11.5 Å². The average molecular weight is 614 g/mol. The maximum Gasteiger partial charge on any atom is 0.335 e. The largest absolute Gasteiger partial charge is 0.490 e. The zero-order valence-corrected chi connectivity index (χ0v) is 22.7. The molecule has 1 saturated heterocycles. The van der Waals surface area contributed by atoms with Crippen LogP contribution < -0.4 is 19.7 Å². The highest BCUT2D eigenvalue weighted by Gasteiger charge is 2.37. The first-order valence-corrected chi connectivity index (χ1v) is 12.7. The molecule has 1 heterocycles. The number of benzene rings is 3. The van der Waals surface area contributed by atoms with Gasteiger partial charge in [-0.05, 0) is 82.9 Å². The van der Waals surface area contributed by atoms with E-state index in [1.165, 1.54) is 6.08 Å². The third-order valence-electron chi connectivity index (χ3n) is 5.40. The van der Waals surface area contributed by atoms with Gasteiger partial charge in [0.15, 0.2) is 11.5 Å². The first-order valence-electron chi connectivity index (χ1n) is 11.1. The van der Waals surface area contributed by atoms with Crippen LogP contribution in [0.3, 0.4) is 0 Å². The lowest BCUT2D eigenvalue weighted by molar-refractivity contribution is -0.122. The number of carbonyl (C=O) groups excluding carboxylic acids is 3. The Morgan fingerprint density at radius 2 is 1.69 bits per heavy atom. The number of ether oxygens (including phenoxy) is 2. The van der Waals surface area contributed by atoms with Gasteiger partial charge in [0, 0.05) is 4.47 Å². The lowest BCUT2D eigenvalue weighted by Gasteiger charge is -2.27. The maximum absolute atomic E-state index is 13.3. The second kappa shape index (κ2) is 11.1. The highest BCUT2D eigenvalue weighted by molar-refractivity contribution is 9.10. The molecule has 184 valence electrons. The van der Waals surface area contributed by atoms with Crippen molar-refractivity contribution in [1.82, 2.24) is 5.32 Å². The molecule has 4 amide bonds. The molecule has 1 aliphatic heterocycles. The van der Waals surface area contributed by atoms with Crippen LogP contribution in [0.5, 0.6) is 11.5 Å². The molecule has 0 bridgehead atoms. The van der Waals surface area contributed by atoms with Crippen LogP contribution >= 0.6 is 31.9 Å². The second-order valence-corrected chi connectivity index (χ2v) is 9.69. The number of amides is 4. The summed E-state index contributed by atoms with van der Waals surface area (Å²) in [6.07, 6.45) is 1.43. The molecule has 0 aromatic heterocycles. The van der Waals surface area contributed by atoms with Gasteiger partial charge in [0.05, 0.1) is 16.8 Å². The molecule has 0 radical (unpaired) electrons. The van der Waals surface area contributed by atoms with E-state index in [1.807, 2.05) is 31.2 Å². The monoisotopic (exact) mass is 612 g/mol. The molecule has 4 rings (SSSR count). The van der Waals surface area contributed by atoms with Crippen LogP contribution in [0.4, 0.5) is 10.5 Å². The Bertz CT molecular complexity index is 1370. The molecule has 0 atom stereocenters. The van der Waals surface area contributed by atoms with Crippen molar-refractivity contribution in [3.8, 4) is 11.5 Å². The van der Waals surface area contributed by atoms with Crippen molar-refractivity contribution < 1.29 is 23.9 Å². The minimum Gasteiger partial charge on any atom is -0.490 e. The van der Waals surface area contributed by atoms with Gasteiger partial charge in [-0.15, -0.1) is 0 Å². The number of urea groups is 1. The molecule has 3 aromatic rings. The molecule has 0 unspecified atom stereocenters. The lowest BCUT2D eigenvalue weighted by Crippen LogP contribution is -2.54. The average Bonchev–Trinajstić information content (AvgIpc) is 2.83. The maximum atomic E-state index is 13.3. The zero-order chi connectivity index (χ0) is 25.8. The molecule has 0 saturated carbocycles. The van der Waals surface area contributed by atoms with Crippen LogP contribution in [-0.4, -0.2) is 24.5 Å². The Morgan fingerprint density at radius 3 is 2.39 bits per heavy atom. The van der Waals surface area contributed by atoms with Crippen molar-refractivity contribution in [2.24, 2.45) is 0 Å². The standard InChI is InChI=1S/C27H22Br2N2O5/c1-3-35-23-14-18(13-21(29)24(23)36-15-17-8-10-19(28)11-9-17)12-20-25(32)30-27(34)31(26(20)33)22-7-5-4-6-16(22)2/h4-14H,3,15H2,1-2H3,(H,30,32,34)/b20-12+. The van der Waals surface area contributed by atoms with Crippen LogP contribution in [0, 0.1) is 6.92 Å². The number of rotatable bonds is 7. The quantitative estimate of drug-likeness (QED) is 0.255. The molecule has 9 heteroatoms. The Balaban J connectivity index is 1.66. The molecular weight excluding hydrogens is 592 g/mol. The molecule has 0 spiro atoms. The van der Waals surface area contributed by atoms with E-state index in [0.29, 0.717) is 40.4 Å². The van der Waals surface area contributed by atoms with Crippen LogP contribution in [0.2, 0.25) is 0 Å². The van der Waals surface area contributed by atoms with Gasteiger partial charge in [-0.1, -0.05) is 46.3 Å². The molecule has 0 aliphatic carbocycles. The summed E-state index contributed by atoms with van der Waals surface area (Å²) in [6, 6.07) is 17.4. The second-order valence-electron chi connectivity index (χ2n) is 7.92. The lowest BCUT2D eigenvalue weighted by atomic mass is 10.1. The van der Waals surface area contributed by atoms with Crippen LogP contribution in [0.1, 0.15) is 23.6 Å². The van der Waals surface area contributed by atoms with Crippen LogP contribution in [0.25, 0.3) is 6.08 Å². The van der Waals surface area contributed by atoms with Crippen molar-refractivity contribution >= 4 is 61.5 Å². The van der Waals surface area contributed by atoms with Crippen LogP contribution in [-0.2, 0) is 16.2 Å². The fourth-order valence-corrected chi connectivity index (χ4v) is 4.51. The first kappa shape index (κ1) is 25.7. The van der Waals surface area contributed by atoms with E-state index in [4.69, 9.17) is 9.47 Å². The van der Waals surface area contributed by atoms with Crippen molar-refractivity contribution in [1.29, 1.82) is 0 Å². The third kappa shape index (κ3) is 5.52. The molecule has 3 aromatic carbocycles. The number of hydrogen-bond donors (Lipinski definition) is 1. The molecular formula is C27H22Br2N2O5. The zero-order valence-electron chi connectivity index (χ0n) is 19.5. The fourth-order valence-electron chi connectivity index (χ4n) is 3.67. The van der Waals surface area contributed by atoms with Crippen molar-refractivity contribution in [3.63, 3.8) is 0 Å². The Hall–Kier alpha value is -3.43. The Labute approximate surface area is 225 Å². The van der Waals surface area contributed by atoms with Gasteiger partial charge in [-0.2, -0.15) is 0 Å². The summed E-state index contributed by atoms with van der Waals surface area (Å²) in [7, 11) is 0. The van der Waals surface area contributed by atoms with E-state index < -0.39 is 17.8 Å². The number of barbiturate groups is 1. The topological polar surface area (TPSA) is 84.9 Å². The number of imide groups is 2. The fraction of sp³-hybridized carbons (Fsp3) is 0.148. The van der Waals surface area contributed by atoms with E-state index in [0.717, 1.165) is 20.5 Å². The summed E-state index contributed by atoms with van der Waals surface area (Å²) in [5.41, 5.74) is 2.47.